The van der Waals surface area contributed by atoms with Crippen LogP contribution in [0.4, 0.5) is 0 Å². The first-order chi connectivity index (χ1) is 13.0. The van der Waals surface area contributed by atoms with Crippen LogP contribution in [0.2, 0.25) is 0 Å². The summed E-state index contributed by atoms with van der Waals surface area (Å²) in [5.74, 6) is 0. The summed E-state index contributed by atoms with van der Waals surface area (Å²) >= 11 is 0. The Kier molecular flexibility index (Phi) is 167. The molecule has 27 heavy (non-hydrogen) atoms. The van der Waals surface area contributed by atoms with E-state index in [9.17, 15) is 0 Å². The average molecular weight is 399 g/mol. The number of allylic oxidation sites excluding steroid dienone is 2. The van der Waals surface area contributed by atoms with Gasteiger partial charge in [0.2, 0.25) is 0 Å². The molecule has 6 heteroatoms. The zero-order valence-electron chi connectivity index (χ0n) is 19.0. The number of ether oxygens (including phenoxy) is 2. The molecule has 6 nitrogen and oxygen atoms in total. The Bertz CT molecular complexity index is 147. The minimum atomic E-state index is -0.125. The molecule has 0 atom stereocenters. The van der Waals surface area contributed by atoms with Gasteiger partial charge >= 0.3 is 0 Å². The summed E-state index contributed by atoms with van der Waals surface area (Å²) in [7, 11) is 1.73. The normalized spacial score (nSPS) is 6.89. The van der Waals surface area contributed by atoms with Gasteiger partial charge in [-0.3, -0.25) is 0 Å². The molecule has 0 rings (SSSR count). The van der Waals surface area contributed by atoms with Crippen molar-refractivity contribution < 1.29 is 29.9 Å². The van der Waals surface area contributed by atoms with Crippen LogP contribution >= 0.6 is 0 Å². The van der Waals surface area contributed by atoms with E-state index in [0.717, 1.165) is 19.8 Å². The van der Waals surface area contributed by atoms with Crippen LogP contribution in [0.1, 0.15) is 47.5 Å². The molecule has 0 saturated heterocycles. The Morgan fingerprint density at radius 1 is 0.741 bits per heavy atom. The highest BCUT2D eigenvalue weighted by Gasteiger charge is 1.74. The molecule has 0 saturated carbocycles. The summed E-state index contributed by atoms with van der Waals surface area (Å²) in [4.78, 5) is 0. The van der Waals surface area contributed by atoms with E-state index < -0.39 is 0 Å². The first kappa shape index (κ1) is 45.0. The van der Waals surface area contributed by atoms with E-state index in [1.807, 2.05) is 27.7 Å². The van der Waals surface area contributed by atoms with Gasteiger partial charge in [0.15, 0.2) is 0 Å². The summed E-state index contributed by atoms with van der Waals surface area (Å²) in [6.07, 6.45) is 5.92. The minimum absolute atomic E-state index is 0.125. The van der Waals surface area contributed by atoms with Crippen LogP contribution in [0.15, 0.2) is 38.5 Å². The van der Waals surface area contributed by atoms with Crippen molar-refractivity contribution in [2.45, 2.75) is 47.5 Å². The number of hydrogen-bond acceptors (Lipinski definition) is 6. The van der Waals surface area contributed by atoms with Crippen molar-refractivity contribution in [3.05, 3.63) is 38.5 Å². The predicted molar refractivity (Wildman–Crippen MR) is 120 cm³/mol. The van der Waals surface area contributed by atoms with Crippen molar-refractivity contribution in [2.24, 2.45) is 0 Å². The van der Waals surface area contributed by atoms with Gasteiger partial charge in [0.05, 0.1) is 26.4 Å². The lowest BCUT2D eigenvalue weighted by atomic mass is 10.4. The van der Waals surface area contributed by atoms with Crippen LogP contribution in [0.5, 0.6) is 0 Å². The van der Waals surface area contributed by atoms with Gasteiger partial charge in [0, 0.05) is 26.9 Å². The molecule has 0 aliphatic carbocycles. The summed E-state index contributed by atoms with van der Waals surface area (Å²) in [5.41, 5.74) is 0. The third kappa shape index (κ3) is 369. The van der Waals surface area contributed by atoms with Crippen molar-refractivity contribution in [2.75, 3.05) is 53.4 Å². The second kappa shape index (κ2) is 100. The Morgan fingerprint density at radius 3 is 1.04 bits per heavy atom. The predicted octanol–water partition coefficient (Wildman–Crippen LogP) is 3.60. The van der Waals surface area contributed by atoms with Crippen molar-refractivity contribution in [3.8, 4) is 0 Å². The van der Waals surface area contributed by atoms with Crippen LogP contribution in [0.25, 0.3) is 0 Å². The number of methoxy groups -OCH3 is 1. The highest BCUT2D eigenvalue weighted by molar-refractivity contribution is 4.52. The second-order valence-corrected chi connectivity index (χ2v) is 3.84. The lowest BCUT2D eigenvalue weighted by Gasteiger charge is -1.89. The molecule has 0 spiro atoms. The quantitative estimate of drug-likeness (QED) is 0.386. The van der Waals surface area contributed by atoms with Crippen LogP contribution in [-0.4, -0.2) is 73.8 Å². The SMILES string of the molecule is C=C.C=CC.C=CC.CCCCOC.CCOCC.OCCO.OCCO. The van der Waals surface area contributed by atoms with E-state index in [1.54, 1.807) is 19.3 Å². The first-order valence-corrected chi connectivity index (χ1v) is 9.13. The van der Waals surface area contributed by atoms with Crippen molar-refractivity contribution in [3.63, 3.8) is 0 Å². The summed E-state index contributed by atoms with van der Waals surface area (Å²) in [6, 6.07) is 0. The average Bonchev–Trinajstić information content (AvgIpc) is 2.70. The Hall–Kier alpha value is -1.02. The van der Waals surface area contributed by atoms with Gasteiger partial charge in [-0.1, -0.05) is 25.5 Å². The van der Waals surface area contributed by atoms with Crippen LogP contribution in [0, 0.1) is 0 Å². The van der Waals surface area contributed by atoms with E-state index in [2.05, 4.69) is 33.2 Å². The van der Waals surface area contributed by atoms with E-state index in [-0.39, 0.29) is 26.4 Å². The van der Waals surface area contributed by atoms with Gasteiger partial charge in [-0.25, -0.2) is 0 Å². The van der Waals surface area contributed by atoms with E-state index >= 15 is 0 Å². The summed E-state index contributed by atoms with van der Waals surface area (Å²) in [5, 5.41) is 30.5. The number of unbranched alkanes of at least 4 members (excludes halogenated alkanes) is 1. The van der Waals surface area contributed by atoms with Crippen molar-refractivity contribution in [1.29, 1.82) is 0 Å². The molecule has 0 unspecified atom stereocenters. The molecule has 0 aromatic carbocycles. The lowest BCUT2D eigenvalue weighted by Crippen LogP contribution is -1.85. The van der Waals surface area contributed by atoms with E-state index in [1.165, 1.54) is 12.8 Å². The maximum Gasteiger partial charge on any atom is 0.0662 e. The topological polar surface area (TPSA) is 99.4 Å². The van der Waals surface area contributed by atoms with Crippen molar-refractivity contribution in [1.82, 2.24) is 0 Å². The van der Waals surface area contributed by atoms with Gasteiger partial charge in [-0.05, 0) is 34.1 Å². The van der Waals surface area contributed by atoms with Crippen LogP contribution in [-0.2, 0) is 9.47 Å². The molecular formula is C21H50O6. The third-order valence-corrected chi connectivity index (χ3v) is 1.31. The van der Waals surface area contributed by atoms with Gasteiger partial charge in [-0.2, -0.15) is 0 Å². The highest BCUT2D eigenvalue weighted by atomic mass is 16.5. The Labute approximate surface area is 169 Å². The van der Waals surface area contributed by atoms with Crippen molar-refractivity contribution >= 4 is 0 Å². The number of rotatable bonds is 7. The van der Waals surface area contributed by atoms with E-state index in [4.69, 9.17) is 29.9 Å². The fraction of sp³-hybridized carbons (Fsp3) is 0.714. The highest BCUT2D eigenvalue weighted by Crippen LogP contribution is 1.83. The molecule has 0 aliphatic heterocycles. The smallest absolute Gasteiger partial charge is 0.0662 e. The van der Waals surface area contributed by atoms with Gasteiger partial charge in [0.1, 0.15) is 0 Å². The maximum absolute atomic E-state index is 7.62. The minimum Gasteiger partial charge on any atom is -0.394 e. The summed E-state index contributed by atoms with van der Waals surface area (Å²) < 4.78 is 9.62. The maximum atomic E-state index is 7.62. The third-order valence-electron chi connectivity index (χ3n) is 1.31. The molecule has 0 heterocycles. The second-order valence-electron chi connectivity index (χ2n) is 3.84. The molecule has 0 aromatic heterocycles. The zero-order chi connectivity index (χ0) is 23.2. The van der Waals surface area contributed by atoms with Crippen LogP contribution in [0.3, 0.4) is 0 Å². The molecule has 0 radical (unpaired) electrons. The number of aliphatic hydroxyl groups excluding tert-OH is 4. The molecule has 0 amide bonds. The van der Waals surface area contributed by atoms with Gasteiger partial charge < -0.3 is 29.9 Å². The van der Waals surface area contributed by atoms with Gasteiger partial charge in [-0.15, -0.1) is 26.3 Å². The molecule has 4 N–H and O–H groups in total. The molecular weight excluding hydrogens is 348 g/mol. The first-order valence-electron chi connectivity index (χ1n) is 9.13. The zero-order valence-corrected chi connectivity index (χ0v) is 19.0. The number of hydrogen-bond donors (Lipinski definition) is 4. The molecule has 0 bridgehead atoms. The lowest BCUT2D eigenvalue weighted by molar-refractivity contribution is 0.162. The summed E-state index contributed by atoms with van der Waals surface area (Å²) in [6.45, 7) is 24.7. The standard InChI is InChI=1S/C5H12O.C4H10O.2C3H6.2C2H6O2.C2H4/c1-3-4-5-6-2;1-3-5-4-2;2*1-3-2;2*3-1-2-4;1-2/h3-5H2,1-2H3;3-4H2,1-2H3;2*3H,1H2,2H3;2*3-4H,1-2H2;1-2H2. The molecule has 0 aromatic rings. The van der Waals surface area contributed by atoms with Gasteiger partial charge in [0.25, 0.3) is 0 Å². The molecule has 0 fully saturated rings. The van der Waals surface area contributed by atoms with E-state index in [0.29, 0.717) is 0 Å². The fourth-order valence-electron chi connectivity index (χ4n) is 0.493. The Morgan fingerprint density at radius 2 is 1.00 bits per heavy atom. The van der Waals surface area contributed by atoms with Crippen LogP contribution < -0.4 is 0 Å². The Balaban J connectivity index is -0.0000000355. The fourth-order valence-corrected chi connectivity index (χ4v) is 0.493. The largest absolute Gasteiger partial charge is 0.394 e. The molecule has 0 aliphatic rings. The monoisotopic (exact) mass is 398 g/mol. The number of aliphatic hydroxyl groups is 4. The molecule has 170 valence electrons.